The van der Waals surface area contributed by atoms with Gasteiger partial charge in [0.05, 0.1) is 0 Å². The minimum Gasteiger partial charge on any atom is -0.481 e. The molecule has 0 fully saturated rings. The van der Waals surface area contributed by atoms with Gasteiger partial charge < -0.3 is 10.2 Å². The van der Waals surface area contributed by atoms with Gasteiger partial charge in [0.2, 0.25) is 0 Å². The zero-order chi connectivity index (χ0) is 29.4. The molecule has 0 atom stereocenters. The maximum Gasteiger partial charge on any atom is 0.314 e. The number of aldehydes is 1. The van der Waals surface area contributed by atoms with Gasteiger partial charge in [-0.2, -0.15) is 0 Å². The van der Waals surface area contributed by atoms with Crippen LogP contribution in [0.5, 0.6) is 0 Å². The molecule has 0 heterocycles. The van der Waals surface area contributed by atoms with Crippen LogP contribution in [0.2, 0.25) is 0 Å². The number of carbonyl (C=O) groups excluding carboxylic acids is 1. The second-order valence-corrected chi connectivity index (χ2v) is 11.0. The van der Waals surface area contributed by atoms with Crippen molar-refractivity contribution in [2.45, 2.75) is 156 Å². The molecule has 1 rings (SSSR count). The first-order valence-electron chi connectivity index (χ1n) is 15.8. The third-order valence-electron chi connectivity index (χ3n) is 6.62. The Labute approximate surface area is 240 Å². The van der Waals surface area contributed by atoms with Crippen molar-refractivity contribution in [3.63, 3.8) is 0 Å². The molecular formula is C34H60O5. The Bertz CT molecular complexity index is 645. The molecule has 5 heteroatoms. The summed E-state index contributed by atoms with van der Waals surface area (Å²) in [6, 6.07) is 9.10. The largest absolute Gasteiger partial charge is 0.481 e. The third-order valence-corrected chi connectivity index (χ3v) is 6.62. The second-order valence-electron chi connectivity index (χ2n) is 11.0. The van der Waals surface area contributed by atoms with Crippen molar-refractivity contribution in [3.05, 3.63) is 35.9 Å². The number of aliphatic carboxylic acids is 2. The monoisotopic (exact) mass is 548 g/mol. The van der Waals surface area contributed by atoms with Gasteiger partial charge >= 0.3 is 11.9 Å². The van der Waals surface area contributed by atoms with Crippen LogP contribution in [0.15, 0.2) is 30.3 Å². The van der Waals surface area contributed by atoms with Gasteiger partial charge in [-0.3, -0.25) is 14.4 Å². The number of benzene rings is 1. The first-order chi connectivity index (χ1) is 18.8. The van der Waals surface area contributed by atoms with Crippen LogP contribution in [0.25, 0.3) is 0 Å². The number of hydrogen-bond acceptors (Lipinski definition) is 3. The maximum absolute atomic E-state index is 10.0. The SMILES string of the molecule is CCCCCCCCCCCCCCCCCCCCCC(C)C.O=C(O)CC(=O)O.O=Cc1ccccc1. The quantitative estimate of drug-likeness (QED) is 0.0806. The smallest absolute Gasteiger partial charge is 0.314 e. The zero-order valence-electron chi connectivity index (χ0n) is 25.5. The molecule has 5 nitrogen and oxygen atoms in total. The molecule has 226 valence electrons. The summed E-state index contributed by atoms with van der Waals surface area (Å²) >= 11 is 0. The molecule has 1 aromatic rings. The van der Waals surface area contributed by atoms with E-state index >= 15 is 0 Å². The topological polar surface area (TPSA) is 91.7 Å². The van der Waals surface area contributed by atoms with Crippen molar-refractivity contribution in [1.82, 2.24) is 0 Å². The second kappa shape index (κ2) is 32.0. The summed E-state index contributed by atoms with van der Waals surface area (Å²) in [4.78, 5) is 28.9. The number of carboxylic acids is 2. The molecule has 0 aliphatic rings. The summed E-state index contributed by atoms with van der Waals surface area (Å²) < 4.78 is 0. The van der Waals surface area contributed by atoms with Crippen LogP contribution < -0.4 is 0 Å². The first-order valence-corrected chi connectivity index (χ1v) is 15.8. The van der Waals surface area contributed by atoms with E-state index in [4.69, 9.17) is 10.2 Å². The molecule has 39 heavy (non-hydrogen) atoms. The van der Waals surface area contributed by atoms with E-state index in [0.717, 1.165) is 17.8 Å². The predicted molar refractivity (Wildman–Crippen MR) is 165 cm³/mol. The Balaban J connectivity index is 0. The van der Waals surface area contributed by atoms with Crippen LogP contribution in [0.1, 0.15) is 166 Å². The average Bonchev–Trinajstić information content (AvgIpc) is 2.90. The summed E-state index contributed by atoms with van der Waals surface area (Å²) in [5.74, 6) is -1.73. The van der Waals surface area contributed by atoms with Gasteiger partial charge in [-0.05, 0) is 5.92 Å². The lowest BCUT2D eigenvalue weighted by Gasteiger charge is -2.05. The maximum atomic E-state index is 10.0. The molecule has 0 unspecified atom stereocenters. The molecule has 0 radical (unpaired) electrons. The van der Waals surface area contributed by atoms with Gasteiger partial charge in [0.25, 0.3) is 0 Å². The highest BCUT2D eigenvalue weighted by Crippen LogP contribution is 2.15. The fraction of sp³-hybridized carbons (Fsp3) is 0.735. The number of rotatable bonds is 23. The molecule has 0 aromatic heterocycles. The fourth-order valence-corrected chi connectivity index (χ4v) is 4.29. The minimum atomic E-state index is -1.31. The molecule has 2 N–H and O–H groups in total. The molecule has 0 amide bonds. The average molecular weight is 549 g/mol. The van der Waals surface area contributed by atoms with E-state index in [2.05, 4.69) is 20.8 Å². The predicted octanol–water partition coefficient (Wildman–Crippen LogP) is 10.5. The van der Waals surface area contributed by atoms with E-state index in [0.29, 0.717) is 0 Å². The Morgan fingerprint density at radius 3 is 1.18 bits per heavy atom. The van der Waals surface area contributed by atoms with Crippen LogP contribution >= 0.6 is 0 Å². The molecule has 0 aliphatic carbocycles. The van der Waals surface area contributed by atoms with Gasteiger partial charge in [-0.1, -0.05) is 180 Å². The van der Waals surface area contributed by atoms with Gasteiger partial charge in [0, 0.05) is 5.56 Å². The van der Waals surface area contributed by atoms with Crippen LogP contribution in [-0.2, 0) is 9.59 Å². The standard InChI is InChI=1S/C24H50.C7H6O.C3H4O4/c1-4-5-6-7-8-9-10-11-12-13-14-15-16-17-18-19-20-21-22-23-24(2)3;8-6-7-4-2-1-3-5-7;4-2(5)1-3(6)7/h24H,4-23H2,1-3H3;1-6H;1H2,(H,4,5)(H,6,7). The number of hydrogen-bond donors (Lipinski definition) is 2. The van der Waals surface area contributed by atoms with Crippen LogP contribution in [0.4, 0.5) is 0 Å². The van der Waals surface area contributed by atoms with Crippen LogP contribution in [0, 0.1) is 5.92 Å². The lowest BCUT2D eigenvalue weighted by atomic mass is 10.0. The normalized spacial score (nSPS) is 10.3. The lowest BCUT2D eigenvalue weighted by Crippen LogP contribution is -2.03. The van der Waals surface area contributed by atoms with Gasteiger partial charge in [0.1, 0.15) is 12.7 Å². The van der Waals surface area contributed by atoms with E-state index in [1.807, 2.05) is 18.2 Å². The van der Waals surface area contributed by atoms with E-state index in [-0.39, 0.29) is 0 Å². The Morgan fingerprint density at radius 1 is 0.615 bits per heavy atom. The molecular weight excluding hydrogens is 488 g/mol. The van der Waals surface area contributed by atoms with Crippen molar-refractivity contribution in [2.24, 2.45) is 5.92 Å². The van der Waals surface area contributed by atoms with Gasteiger partial charge in [-0.25, -0.2) is 0 Å². The van der Waals surface area contributed by atoms with E-state index in [1.165, 1.54) is 128 Å². The summed E-state index contributed by atoms with van der Waals surface area (Å²) in [7, 11) is 0. The highest BCUT2D eigenvalue weighted by atomic mass is 16.4. The lowest BCUT2D eigenvalue weighted by molar-refractivity contribution is -0.147. The molecule has 0 bridgehead atoms. The summed E-state index contributed by atoms with van der Waals surface area (Å²) in [5.41, 5.74) is 0.729. The molecule has 0 spiro atoms. The minimum absolute atomic E-state index is 0.729. The van der Waals surface area contributed by atoms with Crippen molar-refractivity contribution < 1.29 is 24.6 Å². The number of unbranched alkanes of at least 4 members (excludes halogenated alkanes) is 18. The highest BCUT2D eigenvalue weighted by Gasteiger charge is 2.01. The van der Waals surface area contributed by atoms with Crippen molar-refractivity contribution in [2.75, 3.05) is 0 Å². The Morgan fingerprint density at radius 2 is 0.949 bits per heavy atom. The van der Waals surface area contributed by atoms with Crippen LogP contribution in [-0.4, -0.2) is 28.4 Å². The van der Waals surface area contributed by atoms with Gasteiger partial charge in [-0.15, -0.1) is 0 Å². The number of carboxylic acid groups (broad SMARTS) is 2. The Kier molecular flexibility index (Phi) is 32.0. The number of carbonyl (C=O) groups is 3. The van der Waals surface area contributed by atoms with E-state index in [9.17, 15) is 14.4 Å². The molecule has 0 saturated carbocycles. The summed E-state index contributed by atoms with van der Waals surface area (Å²) in [6.07, 6.45) is 29.5. The Hall–Kier alpha value is -2.17. The van der Waals surface area contributed by atoms with E-state index < -0.39 is 18.4 Å². The molecule has 0 aliphatic heterocycles. The van der Waals surface area contributed by atoms with E-state index in [1.54, 1.807) is 12.1 Å². The third kappa shape index (κ3) is 38.0. The zero-order valence-corrected chi connectivity index (χ0v) is 25.5. The van der Waals surface area contributed by atoms with Crippen molar-refractivity contribution in [3.8, 4) is 0 Å². The highest BCUT2D eigenvalue weighted by molar-refractivity contribution is 5.88. The fourth-order valence-electron chi connectivity index (χ4n) is 4.29. The molecule has 0 saturated heterocycles. The van der Waals surface area contributed by atoms with Gasteiger partial charge in [0.15, 0.2) is 0 Å². The van der Waals surface area contributed by atoms with Crippen molar-refractivity contribution >= 4 is 18.2 Å². The van der Waals surface area contributed by atoms with Crippen molar-refractivity contribution in [1.29, 1.82) is 0 Å². The van der Waals surface area contributed by atoms with Crippen LogP contribution in [0.3, 0.4) is 0 Å². The summed E-state index contributed by atoms with van der Waals surface area (Å²) in [5, 5.41) is 15.4. The summed E-state index contributed by atoms with van der Waals surface area (Å²) in [6.45, 7) is 6.98. The molecule has 1 aromatic carbocycles. The first kappa shape index (κ1) is 39.0.